The summed E-state index contributed by atoms with van der Waals surface area (Å²) in [5.41, 5.74) is -2.59. The highest BCUT2D eigenvalue weighted by Gasteiger charge is 2.76. The van der Waals surface area contributed by atoms with Gasteiger partial charge in [-0.05, 0) is 113 Å². The first-order valence-corrected chi connectivity index (χ1v) is 30.8. The molecule has 1 unspecified atom stereocenters. The van der Waals surface area contributed by atoms with E-state index in [2.05, 4.69) is 39.8 Å². The average molecular weight is 1210 g/mol. The van der Waals surface area contributed by atoms with Gasteiger partial charge in [-0.25, -0.2) is 9.59 Å². The van der Waals surface area contributed by atoms with Crippen LogP contribution in [0.25, 0.3) is 0 Å². The number of aliphatic hydroxyl groups excluding tert-OH is 11. The van der Waals surface area contributed by atoms with Gasteiger partial charge in [-0.15, -0.1) is 0 Å². The van der Waals surface area contributed by atoms with Crippen LogP contribution in [-0.4, -0.2) is 211 Å². The van der Waals surface area contributed by atoms with Crippen LogP contribution in [0.2, 0.25) is 0 Å². The second kappa shape index (κ2) is 25.4. The number of Topliss-reactive ketones (excluding diaryl/α,β-unsaturated/α-hetero) is 1. The molecule has 7 fully saturated rings. The van der Waals surface area contributed by atoms with Gasteiger partial charge in [0, 0.05) is 28.2 Å². The van der Waals surface area contributed by atoms with Crippen LogP contribution in [0.5, 0.6) is 0 Å². The lowest BCUT2D eigenvalue weighted by Crippen LogP contribution is -2.75. The van der Waals surface area contributed by atoms with Gasteiger partial charge in [-0.1, -0.05) is 91.2 Å². The fourth-order valence-corrected chi connectivity index (χ4v) is 17.5. The summed E-state index contributed by atoms with van der Waals surface area (Å²) in [6.45, 7) is 22.0. The van der Waals surface area contributed by atoms with Crippen LogP contribution in [0.4, 0.5) is 0 Å². The third-order valence-electron chi connectivity index (χ3n) is 22.8. The third-order valence-corrected chi connectivity index (χ3v) is 22.8. The number of carbonyl (C=O) groups excluding carboxylic acids is 3. The Hall–Kier alpha value is -2.85. The van der Waals surface area contributed by atoms with Crippen LogP contribution in [0.1, 0.15) is 141 Å². The second-order valence-corrected chi connectivity index (χ2v) is 28.5. The zero-order valence-electron chi connectivity index (χ0n) is 51.9. The summed E-state index contributed by atoms with van der Waals surface area (Å²) in [5.74, 6) is -4.42. The average Bonchev–Trinajstić information content (AvgIpc) is 0.914. The lowest BCUT2D eigenvalue weighted by Gasteiger charge is -2.73. The van der Waals surface area contributed by atoms with Crippen LogP contribution >= 0.6 is 0 Å². The molecule has 3 aliphatic heterocycles. The molecule has 22 nitrogen and oxygen atoms in total. The first-order valence-electron chi connectivity index (χ1n) is 30.8. The van der Waals surface area contributed by atoms with Crippen LogP contribution in [-0.2, 0) is 52.3 Å². The van der Waals surface area contributed by atoms with E-state index in [9.17, 15) is 65.8 Å². The van der Waals surface area contributed by atoms with Crippen molar-refractivity contribution >= 4 is 17.7 Å². The smallest absolute Gasteiger partial charge is 0.337 e. The molecule has 11 N–H and O–H groups in total. The molecule has 0 bridgehead atoms. The van der Waals surface area contributed by atoms with E-state index in [0.29, 0.717) is 51.4 Å². The van der Waals surface area contributed by atoms with E-state index < -0.39 is 192 Å². The topological polar surface area (TPSA) is 348 Å². The summed E-state index contributed by atoms with van der Waals surface area (Å²) in [6.07, 6.45) is -18.7. The van der Waals surface area contributed by atoms with Crippen molar-refractivity contribution in [2.75, 3.05) is 26.9 Å². The van der Waals surface area contributed by atoms with Crippen molar-refractivity contribution in [1.29, 1.82) is 0 Å². The molecule has 85 heavy (non-hydrogen) atoms. The predicted molar refractivity (Wildman–Crippen MR) is 303 cm³/mol. The lowest BCUT2D eigenvalue weighted by molar-refractivity contribution is -0.383. The van der Waals surface area contributed by atoms with Gasteiger partial charge < -0.3 is 94.1 Å². The minimum Gasteiger partial charge on any atom is -0.467 e. The van der Waals surface area contributed by atoms with Gasteiger partial charge in [-0.3, -0.25) is 4.79 Å². The molecule has 3 saturated heterocycles. The molecule has 0 aromatic carbocycles. The molecule has 0 radical (unpaired) electrons. The van der Waals surface area contributed by atoms with Crippen molar-refractivity contribution in [3.63, 3.8) is 0 Å². The molecule has 22 heteroatoms. The van der Waals surface area contributed by atoms with E-state index in [4.69, 9.17) is 37.9 Å². The summed E-state index contributed by atoms with van der Waals surface area (Å²) in [4.78, 5) is 42.8. The zero-order valence-corrected chi connectivity index (χ0v) is 51.9. The number of rotatable bonds is 18. The first kappa shape index (κ1) is 68.1. The standard InChI is InChI=1S/C63H100O22/c1-14-31(5)41(68)40-53(82-39(67)24-30(4)17-15-16-29(2)3)58(6,7)25-33-32-18-19-37-60(10)22-21-38(59(8,9)36(60)20-23-61(37,11)62(32,12)51(75)52(76)63(33,40)28-66)81-57-49(84-56-46(73)44(71)42(69)34(26-64)79-56)47(74)48(50(85-57)54(77)78-13)83-55-45(72)43(70)35(27-65)80-55/h16,18,24,31,33-38,40,42-53,55-57,64-66,69-76H,14-15,17,19-23,25-28H2,1-13H3/b30-24+/t31?,33-,34+,35-,36-,37+,38-,40-,42+,43-,44-,45+,46+,47-,48-,49+,50-,51-,52+,53-,55-,56-,57+,60-,61+,62-,63+/m0/s1. The molecule has 0 aromatic rings. The molecule has 5 aliphatic carbocycles. The van der Waals surface area contributed by atoms with Gasteiger partial charge in [0.25, 0.3) is 0 Å². The quantitative estimate of drug-likeness (QED) is 0.0406. The number of methoxy groups -OCH3 is 1. The molecule has 4 saturated carbocycles. The monoisotopic (exact) mass is 1210 g/mol. The van der Waals surface area contributed by atoms with Crippen molar-refractivity contribution in [3.05, 3.63) is 34.9 Å². The number of hydrogen-bond donors (Lipinski definition) is 11. The SMILES string of the molecule is CCC(C)C(=O)[C@H]1[C@H](OC(=O)/C=C(\C)CCC=C(C)C)C(C)(C)C[C@H]2C3=CC[C@@H]4[C@@]5(C)CC[C@H](O[C@@H]6O[C@H](C(=O)OC)[C@@H](O[C@@H]7O[C@@H](CO)[C@H](O)[C@H]7O)[C@H](O)[C@H]6O[C@@H]6O[C@H](CO)[C@@H](O)[C@H](O)[C@H]6O)C(C)(C)[C@@H]5CC[C@@]4(C)[C@]3(C)[C@@H](O)[C@@H](O)[C@]21CO. The summed E-state index contributed by atoms with van der Waals surface area (Å²) in [5, 5.41) is 125. The Kier molecular flexibility index (Phi) is 20.4. The Bertz CT molecular complexity index is 2490. The van der Waals surface area contributed by atoms with E-state index in [1.807, 2.05) is 55.4 Å². The second-order valence-electron chi connectivity index (χ2n) is 28.5. The van der Waals surface area contributed by atoms with Crippen molar-refractivity contribution in [1.82, 2.24) is 0 Å². The highest BCUT2D eigenvalue weighted by Crippen LogP contribution is 2.76. The number of aliphatic hydroxyl groups is 11. The maximum Gasteiger partial charge on any atom is 0.337 e. The number of ether oxygens (including phenoxy) is 8. The molecular formula is C63H100O22. The Morgan fingerprint density at radius 2 is 1.33 bits per heavy atom. The van der Waals surface area contributed by atoms with Crippen molar-refractivity contribution in [2.45, 2.75) is 251 Å². The number of allylic oxidation sites excluding steroid dienone is 4. The minimum atomic E-state index is -1.98. The third kappa shape index (κ3) is 11.4. The Balaban J connectivity index is 1.12. The number of fused-ring (bicyclic) bond motifs is 7. The van der Waals surface area contributed by atoms with Gasteiger partial charge >= 0.3 is 11.9 Å². The number of ketones is 1. The highest BCUT2D eigenvalue weighted by molar-refractivity contribution is 5.87. The molecule has 0 amide bonds. The first-order chi connectivity index (χ1) is 39.7. The van der Waals surface area contributed by atoms with Crippen LogP contribution in [0.3, 0.4) is 0 Å². The van der Waals surface area contributed by atoms with Gasteiger partial charge in [0.2, 0.25) is 0 Å². The summed E-state index contributed by atoms with van der Waals surface area (Å²) < 4.78 is 48.3. The molecule has 8 aliphatic rings. The molecule has 0 spiro atoms. The lowest BCUT2D eigenvalue weighted by atomic mass is 9.31. The Morgan fingerprint density at radius 1 is 0.729 bits per heavy atom. The number of esters is 2. The Labute approximate surface area is 499 Å². The maximum atomic E-state index is 15.1. The fraction of sp³-hybridized carbons (Fsp3) is 0.857. The van der Waals surface area contributed by atoms with Gasteiger partial charge in [0.15, 0.2) is 25.0 Å². The van der Waals surface area contributed by atoms with E-state index in [1.54, 1.807) is 0 Å². The van der Waals surface area contributed by atoms with E-state index in [-0.39, 0.29) is 17.6 Å². The van der Waals surface area contributed by atoms with Crippen molar-refractivity contribution in [2.24, 2.45) is 62.1 Å². The largest absolute Gasteiger partial charge is 0.467 e. The molecule has 3 heterocycles. The maximum absolute atomic E-state index is 15.1. The van der Waals surface area contributed by atoms with Crippen LogP contribution in [0, 0.1) is 62.1 Å². The fourth-order valence-electron chi connectivity index (χ4n) is 17.5. The van der Waals surface area contributed by atoms with Crippen molar-refractivity contribution < 1.29 is 108 Å². The zero-order chi connectivity index (χ0) is 63.0. The van der Waals surface area contributed by atoms with Crippen LogP contribution < -0.4 is 0 Å². The highest BCUT2D eigenvalue weighted by atomic mass is 16.8. The molecule has 8 rings (SSSR count). The number of hydrogen-bond acceptors (Lipinski definition) is 22. The minimum absolute atomic E-state index is 0.109. The number of carbonyl (C=O) groups is 3. The molecule has 484 valence electrons. The summed E-state index contributed by atoms with van der Waals surface area (Å²) in [7, 11) is 1.07. The van der Waals surface area contributed by atoms with Gasteiger partial charge in [0.1, 0.15) is 72.9 Å². The Morgan fingerprint density at radius 3 is 1.91 bits per heavy atom. The van der Waals surface area contributed by atoms with E-state index in [1.165, 1.54) is 6.08 Å². The molecular weight excluding hydrogens is 1110 g/mol. The molecule has 27 atom stereocenters. The van der Waals surface area contributed by atoms with E-state index >= 15 is 4.79 Å². The predicted octanol–water partition coefficient (Wildman–Crippen LogP) is 2.43. The van der Waals surface area contributed by atoms with Crippen LogP contribution in [0.15, 0.2) is 34.9 Å². The van der Waals surface area contributed by atoms with Gasteiger partial charge in [-0.2, -0.15) is 0 Å². The van der Waals surface area contributed by atoms with Gasteiger partial charge in [0.05, 0.1) is 51.2 Å². The van der Waals surface area contributed by atoms with E-state index in [0.717, 1.165) is 30.2 Å². The normalized spacial score (nSPS) is 47.0. The molecule has 0 aromatic heterocycles. The summed E-state index contributed by atoms with van der Waals surface area (Å²) >= 11 is 0. The van der Waals surface area contributed by atoms with Crippen molar-refractivity contribution in [3.8, 4) is 0 Å². The summed E-state index contributed by atoms with van der Waals surface area (Å²) in [6, 6.07) is 0.